The van der Waals surface area contributed by atoms with Gasteiger partial charge in [0.25, 0.3) is 0 Å². The summed E-state index contributed by atoms with van der Waals surface area (Å²) in [5, 5.41) is 0. The summed E-state index contributed by atoms with van der Waals surface area (Å²) >= 11 is 0. The minimum atomic E-state index is 0.00112. The van der Waals surface area contributed by atoms with Crippen LogP contribution in [0.15, 0.2) is 0 Å². The van der Waals surface area contributed by atoms with Crippen LogP contribution in [0.25, 0.3) is 0 Å². The van der Waals surface area contributed by atoms with Crippen molar-refractivity contribution in [1.29, 1.82) is 0 Å². The van der Waals surface area contributed by atoms with Crippen LogP contribution in [0, 0.1) is 0 Å². The van der Waals surface area contributed by atoms with Crippen molar-refractivity contribution < 1.29 is 9.53 Å². The lowest BCUT2D eigenvalue weighted by molar-refractivity contribution is -0.139. The maximum Gasteiger partial charge on any atom is 0.239 e. The summed E-state index contributed by atoms with van der Waals surface area (Å²) in [6.45, 7) is 7.48. The largest absolute Gasteiger partial charge is 0.379 e. The normalized spacial score (nSPS) is 33.5. The molecule has 120 valence electrons. The van der Waals surface area contributed by atoms with Gasteiger partial charge in [-0.25, -0.2) is 0 Å². The molecule has 0 radical (unpaired) electrons. The van der Waals surface area contributed by atoms with Gasteiger partial charge >= 0.3 is 0 Å². The van der Waals surface area contributed by atoms with Crippen LogP contribution >= 0.6 is 0 Å². The molecule has 0 saturated carbocycles. The minimum absolute atomic E-state index is 0.00112. The molecule has 3 saturated heterocycles. The van der Waals surface area contributed by atoms with Gasteiger partial charge in [0.1, 0.15) is 0 Å². The zero-order chi connectivity index (χ0) is 14.8. The fourth-order valence-electron chi connectivity index (χ4n) is 4.25. The lowest BCUT2D eigenvalue weighted by Gasteiger charge is -2.38. The highest BCUT2D eigenvalue weighted by Gasteiger charge is 2.40. The molecule has 0 aliphatic carbocycles. The van der Waals surface area contributed by atoms with Crippen molar-refractivity contribution in [3.63, 3.8) is 0 Å². The summed E-state index contributed by atoms with van der Waals surface area (Å²) in [6.07, 6.45) is 4.86. The van der Waals surface area contributed by atoms with E-state index >= 15 is 0 Å². The number of likely N-dealkylation sites (tertiary alicyclic amines) is 2. The number of ether oxygens (including phenoxy) is 1. The molecule has 0 aromatic carbocycles. The molecule has 3 fully saturated rings. The van der Waals surface area contributed by atoms with E-state index in [1.54, 1.807) is 0 Å². The second kappa shape index (κ2) is 6.63. The van der Waals surface area contributed by atoms with Gasteiger partial charge in [-0.3, -0.25) is 9.69 Å². The molecule has 3 heterocycles. The number of likely N-dealkylation sites (N-methyl/N-ethyl adjacent to an activating group) is 1. The van der Waals surface area contributed by atoms with E-state index in [9.17, 15) is 4.79 Å². The molecule has 3 aliphatic rings. The Labute approximate surface area is 128 Å². The van der Waals surface area contributed by atoms with Crippen LogP contribution in [0.3, 0.4) is 0 Å². The molecule has 1 amide bonds. The molecule has 5 heteroatoms. The van der Waals surface area contributed by atoms with Gasteiger partial charge in [0, 0.05) is 31.7 Å². The average Bonchev–Trinajstić information content (AvgIpc) is 3.14. The molecule has 3 atom stereocenters. The van der Waals surface area contributed by atoms with E-state index in [0.717, 1.165) is 39.3 Å². The van der Waals surface area contributed by atoms with Crippen LogP contribution in [0.1, 0.15) is 32.6 Å². The third-order valence-corrected chi connectivity index (χ3v) is 5.55. The first kappa shape index (κ1) is 15.3. The van der Waals surface area contributed by atoms with Gasteiger partial charge in [-0.1, -0.05) is 0 Å². The predicted molar refractivity (Wildman–Crippen MR) is 82.2 cm³/mol. The van der Waals surface area contributed by atoms with Crippen molar-refractivity contribution in [3.8, 4) is 0 Å². The predicted octanol–water partition coefficient (Wildman–Crippen LogP) is 0.792. The molecule has 3 unspecified atom stereocenters. The molecular weight excluding hydrogens is 266 g/mol. The zero-order valence-corrected chi connectivity index (χ0v) is 13.5. The summed E-state index contributed by atoms with van der Waals surface area (Å²) in [5.41, 5.74) is 0. The van der Waals surface area contributed by atoms with E-state index in [2.05, 4.69) is 28.7 Å². The molecule has 0 bridgehead atoms. The Kier molecular flexibility index (Phi) is 4.82. The Bertz CT molecular complexity index is 371. The van der Waals surface area contributed by atoms with Crippen LogP contribution in [0.5, 0.6) is 0 Å². The molecule has 0 spiro atoms. The highest BCUT2D eigenvalue weighted by atomic mass is 16.5. The number of nitrogens with zero attached hydrogens (tertiary/aromatic N) is 3. The minimum Gasteiger partial charge on any atom is -0.379 e. The number of hydrogen-bond donors (Lipinski definition) is 0. The topological polar surface area (TPSA) is 36.0 Å². The van der Waals surface area contributed by atoms with Crippen LogP contribution < -0.4 is 0 Å². The van der Waals surface area contributed by atoms with E-state index in [1.807, 2.05) is 0 Å². The van der Waals surface area contributed by atoms with Crippen molar-refractivity contribution in [3.05, 3.63) is 0 Å². The summed E-state index contributed by atoms with van der Waals surface area (Å²) in [5.74, 6) is 0.333. The van der Waals surface area contributed by atoms with Crippen LogP contribution in [0.4, 0.5) is 0 Å². The number of rotatable bonds is 3. The summed E-state index contributed by atoms with van der Waals surface area (Å²) in [7, 11) is 2.21. The van der Waals surface area contributed by atoms with Crippen molar-refractivity contribution >= 4 is 5.91 Å². The van der Waals surface area contributed by atoms with Gasteiger partial charge in [-0.15, -0.1) is 0 Å². The Balaban J connectivity index is 1.64. The molecule has 21 heavy (non-hydrogen) atoms. The van der Waals surface area contributed by atoms with E-state index in [4.69, 9.17) is 4.74 Å². The van der Waals surface area contributed by atoms with E-state index < -0.39 is 0 Å². The number of carbonyl (C=O) groups excluding carboxylic acids is 1. The first-order valence-electron chi connectivity index (χ1n) is 8.51. The Hall–Kier alpha value is -0.650. The lowest BCUT2D eigenvalue weighted by Crippen LogP contribution is -2.54. The fraction of sp³-hybridized carbons (Fsp3) is 0.938. The quantitative estimate of drug-likeness (QED) is 0.771. The maximum atomic E-state index is 12.9. The van der Waals surface area contributed by atoms with E-state index in [0.29, 0.717) is 18.0 Å². The third kappa shape index (κ3) is 3.10. The second-order valence-corrected chi connectivity index (χ2v) is 6.76. The number of hydrogen-bond acceptors (Lipinski definition) is 4. The summed E-state index contributed by atoms with van der Waals surface area (Å²) in [6, 6.07) is 1.02. The molecule has 3 aliphatic heterocycles. The molecule has 5 nitrogen and oxygen atoms in total. The third-order valence-electron chi connectivity index (χ3n) is 5.55. The highest BCUT2D eigenvalue weighted by Crippen LogP contribution is 2.29. The smallest absolute Gasteiger partial charge is 0.239 e. The number of morpholine rings is 1. The van der Waals surface area contributed by atoms with Crippen LogP contribution in [0.2, 0.25) is 0 Å². The van der Waals surface area contributed by atoms with Crippen LogP contribution in [-0.2, 0) is 9.53 Å². The van der Waals surface area contributed by atoms with Gasteiger partial charge in [0.05, 0.1) is 19.3 Å². The second-order valence-electron chi connectivity index (χ2n) is 6.76. The highest BCUT2D eigenvalue weighted by molar-refractivity contribution is 5.82. The fourth-order valence-corrected chi connectivity index (χ4v) is 4.25. The Morgan fingerprint density at radius 3 is 2.38 bits per heavy atom. The molecular formula is C16H29N3O2. The standard InChI is InChI=1S/C16H29N3O2/c1-13(18-9-11-21-12-10-18)16(20)19-8-4-6-15(19)14-5-3-7-17(14)2/h13-15H,3-12H2,1-2H3. The summed E-state index contributed by atoms with van der Waals surface area (Å²) in [4.78, 5) is 19.9. The molecule has 0 N–H and O–H groups in total. The zero-order valence-electron chi connectivity index (χ0n) is 13.5. The van der Waals surface area contributed by atoms with Crippen molar-refractivity contribution in [2.75, 3.05) is 46.4 Å². The van der Waals surface area contributed by atoms with Crippen molar-refractivity contribution in [1.82, 2.24) is 14.7 Å². The van der Waals surface area contributed by atoms with Gasteiger partial charge in [-0.05, 0) is 46.2 Å². The maximum absolute atomic E-state index is 12.9. The number of carbonyl (C=O) groups is 1. The van der Waals surface area contributed by atoms with Crippen LogP contribution in [-0.4, -0.2) is 85.2 Å². The first-order valence-corrected chi connectivity index (χ1v) is 8.51. The van der Waals surface area contributed by atoms with Gasteiger partial charge in [0.2, 0.25) is 5.91 Å². The molecule has 3 rings (SSSR count). The Morgan fingerprint density at radius 1 is 1.05 bits per heavy atom. The SMILES string of the molecule is CC(C(=O)N1CCCC1C1CCCN1C)N1CCOCC1. The first-order chi connectivity index (χ1) is 10.2. The summed E-state index contributed by atoms with van der Waals surface area (Å²) < 4.78 is 5.40. The van der Waals surface area contributed by atoms with Gasteiger partial charge in [0.15, 0.2) is 0 Å². The molecule has 0 aromatic rings. The van der Waals surface area contributed by atoms with Crippen molar-refractivity contribution in [2.45, 2.75) is 50.7 Å². The van der Waals surface area contributed by atoms with Gasteiger partial charge < -0.3 is 14.5 Å². The van der Waals surface area contributed by atoms with Crippen molar-refractivity contribution in [2.24, 2.45) is 0 Å². The number of amides is 1. The Morgan fingerprint density at radius 2 is 1.71 bits per heavy atom. The van der Waals surface area contributed by atoms with E-state index in [1.165, 1.54) is 25.8 Å². The van der Waals surface area contributed by atoms with Gasteiger partial charge in [-0.2, -0.15) is 0 Å². The average molecular weight is 295 g/mol. The monoisotopic (exact) mass is 295 g/mol. The molecule has 0 aromatic heterocycles. The van der Waals surface area contributed by atoms with E-state index in [-0.39, 0.29) is 6.04 Å². The lowest BCUT2D eigenvalue weighted by atomic mass is 10.0.